The van der Waals surface area contributed by atoms with Crippen LogP contribution in [0.1, 0.15) is 34.5 Å². The van der Waals surface area contributed by atoms with Gasteiger partial charge in [0.25, 0.3) is 0 Å². The molecule has 16 heavy (non-hydrogen) atoms. The lowest BCUT2D eigenvalue weighted by Gasteiger charge is -2.10. The summed E-state index contributed by atoms with van der Waals surface area (Å²) in [7, 11) is 0. The van der Waals surface area contributed by atoms with E-state index in [0.29, 0.717) is 0 Å². The average Bonchev–Trinajstić information content (AvgIpc) is 2.75. The standard InChI is InChI=1S/C14H15NO/c1-10(12-6-4-3-5-7-12)14(16)13-8-9-15-11(13)2/h3-10,15H,1-2H3. The molecule has 2 heteroatoms. The van der Waals surface area contributed by atoms with Gasteiger partial charge in [-0.25, -0.2) is 0 Å². The number of hydrogen-bond acceptors (Lipinski definition) is 1. The van der Waals surface area contributed by atoms with Gasteiger partial charge in [0.15, 0.2) is 5.78 Å². The van der Waals surface area contributed by atoms with E-state index < -0.39 is 0 Å². The van der Waals surface area contributed by atoms with Gasteiger partial charge in [-0.05, 0) is 18.6 Å². The molecule has 1 N–H and O–H groups in total. The van der Waals surface area contributed by atoms with Crippen LogP contribution in [0.4, 0.5) is 0 Å². The summed E-state index contributed by atoms with van der Waals surface area (Å²) in [6, 6.07) is 11.7. The minimum absolute atomic E-state index is 0.0873. The Morgan fingerprint density at radius 3 is 2.44 bits per heavy atom. The highest BCUT2D eigenvalue weighted by atomic mass is 16.1. The number of hydrogen-bond donors (Lipinski definition) is 1. The second kappa shape index (κ2) is 4.35. The Balaban J connectivity index is 2.27. The predicted molar refractivity (Wildman–Crippen MR) is 64.7 cm³/mol. The van der Waals surface area contributed by atoms with Gasteiger partial charge in [-0.3, -0.25) is 4.79 Å². The first kappa shape index (κ1) is 10.7. The molecule has 1 aromatic heterocycles. The number of aromatic nitrogens is 1. The van der Waals surface area contributed by atoms with Crippen LogP contribution in [-0.2, 0) is 0 Å². The highest BCUT2D eigenvalue weighted by Crippen LogP contribution is 2.21. The Kier molecular flexibility index (Phi) is 2.91. The van der Waals surface area contributed by atoms with Crippen LogP contribution in [0.15, 0.2) is 42.6 Å². The van der Waals surface area contributed by atoms with Gasteiger partial charge in [0.05, 0.1) is 0 Å². The van der Waals surface area contributed by atoms with Crippen molar-refractivity contribution in [2.45, 2.75) is 19.8 Å². The molecule has 0 fully saturated rings. The van der Waals surface area contributed by atoms with E-state index >= 15 is 0 Å². The van der Waals surface area contributed by atoms with Crippen LogP contribution in [0.5, 0.6) is 0 Å². The second-order valence-corrected chi connectivity index (χ2v) is 4.01. The monoisotopic (exact) mass is 213 g/mol. The van der Waals surface area contributed by atoms with E-state index in [1.807, 2.05) is 50.2 Å². The van der Waals surface area contributed by atoms with Crippen molar-refractivity contribution in [2.75, 3.05) is 0 Å². The second-order valence-electron chi connectivity index (χ2n) is 4.01. The third-order valence-corrected chi connectivity index (χ3v) is 2.91. The molecule has 1 unspecified atom stereocenters. The average molecular weight is 213 g/mol. The van der Waals surface area contributed by atoms with Crippen molar-refractivity contribution in [3.8, 4) is 0 Å². The minimum Gasteiger partial charge on any atom is -0.365 e. The molecule has 0 aliphatic heterocycles. The summed E-state index contributed by atoms with van der Waals surface area (Å²) in [6.07, 6.45) is 1.81. The molecule has 0 aliphatic carbocycles. The number of aryl methyl sites for hydroxylation is 1. The zero-order chi connectivity index (χ0) is 11.5. The summed E-state index contributed by atoms with van der Waals surface area (Å²) in [5.41, 5.74) is 2.79. The van der Waals surface area contributed by atoms with Crippen molar-refractivity contribution >= 4 is 5.78 Å². The Morgan fingerprint density at radius 1 is 1.19 bits per heavy atom. The lowest BCUT2D eigenvalue weighted by Crippen LogP contribution is -2.09. The van der Waals surface area contributed by atoms with Crippen molar-refractivity contribution < 1.29 is 4.79 Å². The first-order valence-corrected chi connectivity index (χ1v) is 5.43. The van der Waals surface area contributed by atoms with Gasteiger partial charge in [0.2, 0.25) is 0 Å². The summed E-state index contributed by atoms with van der Waals surface area (Å²) in [4.78, 5) is 15.2. The van der Waals surface area contributed by atoms with Gasteiger partial charge in [0, 0.05) is 23.4 Å². The van der Waals surface area contributed by atoms with E-state index in [0.717, 1.165) is 16.8 Å². The first-order chi connectivity index (χ1) is 7.70. The van der Waals surface area contributed by atoms with Crippen LogP contribution < -0.4 is 0 Å². The maximum atomic E-state index is 12.2. The van der Waals surface area contributed by atoms with Crippen molar-refractivity contribution in [3.63, 3.8) is 0 Å². The van der Waals surface area contributed by atoms with E-state index in [4.69, 9.17) is 0 Å². The minimum atomic E-state index is -0.0873. The molecule has 2 rings (SSSR count). The molecule has 0 saturated carbocycles. The number of benzene rings is 1. The van der Waals surface area contributed by atoms with Crippen LogP contribution >= 0.6 is 0 Å². The van der Waals surface area contributed by atoms with Gasteiger partial charge >= 0.3 is 0 Å². The fraction of sp³-hybridized carbons (Fsp3) is 0.214. The molecular formula is C14H15NO. The molecule has 0 bridgehead atoms. The molecule has 82 valence electrons. The van der Waals surface area contributed by atoms with Gasteiger partial charge in [-0.15, -0.1) is 0 Å². The van der Waals surface area contributed by atoms with Crippen LogP contribution in [-0.4, -0.2) is 10.8 Å². The van der Waals surface area contributed by atoms with Crippen LogP contribution in [0, 0.1) is 6.92 Å². The summed E-state index contributed by atoms with van der Waals surface area (Å²) < 4.78 is 0. The van der Waals surface area contributed by atoms with Gasteiger partial charge in [-0.2, -0.15) is 0 Å². The van der Waals surface area contributed by atoms with Crippen LogP contribution in [0.25, 0.3) is 0 Å². The van der Waals surface area contributed by atoms with Crippen molar-refractivity contribution in [3.05, 3.63) is 59.4 Å². The molecule has 0 radical (unpaired) electrons. The number of rotatable bonds is 3. The smallest absolute Gasteiger partial charge is 0.171 e. The van der Waals surface area contributed by atoms with E-state index in [1.165, 1.54) is 0 Å². The summed E-state index contributed by atoms with van der Waals surface area (Å²) >= 11 is 0. The highest BCUT2D eigenvalue weighted by molar-refractivity contribution is 6.01. The van der Waals surface area contributed by atoms with E-state index in [9.17, 15) is 4.79 Å². The summed E-state index contributed by atoms with van der Waals surface area (Å²) in [5, 5.41) is 0. The number of carbonyl (C=O) groups is 1. The zero-order valence-electron chi connectivity index (χ0n) is 9.53. The number of carbonyl (C=O) groups excluding carboxylic acids is 1. The van der Waals surface area contributed by atoms with Gasteiger partial charge in [-0.1, -0.05) is 37.3 Å². The fourth-order valence-corrected chi connectivity index (χ4v) is 1.85. The molecule has 1 heterocycles. The molecule has 0 aliphatic rings. The molecular weight excluding hydrogens is 198 g/mol. The molecule has 0 saturated heterocycles. The highest BCUT2D eigenvalue weighted by Gasteiger charge is 2.18. The van der Waals surface area contributed by atoms with Crippen molar-refractivity contribution in [1.82, 2.24) is 4.98 Å². The number of nitrogens with one attached hydrogen (secondary N) is 1. The molecule has 1 atom stereocenters. The first-order valence-electron chi connectivity index (χ1n) is 5.43. The van der Waals surface area contributed by atoms with Crippen LogP contribution in [0.2, 0.25) is 0 Å². The normalized spacial score (nSPS) is 12.4. The van der Waals surface area contributed by atoms with Crippen LogP contribution in [0.3, 0.4) is 0 Å². The summed E-state index contributed by atoms with van der Waals surface area (Å²) in [5.74, 6) is 0.0839. The Morgan fingerprint density at radius 2 is 1.88 bits per heavy atom. The number of ketones is 1. The van der Waals surface area contributed by atoms with E-state index in [-0.39, 0.29) is 11.7 Å². The molecule has 2 aromatic rings. The predicted octanol–water partition coefficient (Wildman–Crippen LogP) is 3.31. The third-order valence-electron chi connectivity index (χ3n) is 2.91. The van der Waals surface area contributed by atoms with Gasteiger partial charge < -0.3 is 4.98 Å². The zero-order valence-corrected chi connectivity index (χ0v) is 9.53. The lowest BCUT2D eigenvalue weighted by molar-refractivity contribution is 0.0965. The molecule has 0 spiro atoms. The molecule has 2 nitrogen and oxygen atoms in total. The van der Waals surface area contributed by atoms with Crippen molar-refractivity contribution in [1.29, 1.82) is 0 Å². The van der Waals surface area contributed by atoms with E-state index in [1.54, 1.807) is 6.20 Å². The SMILES string of the molecule is Cc1[nH]ccc1C(=O)C(C)c1ccccc1. The molecule has 0 amide bonds. The Bertz CT molecular complexity index is 484. The maximum absolute atomic E-state index is 12.2. The van der Waals surface area contributed by atoms with Crippen molar-refractivity contribution in [2.24, 2.45) is 0 Å². The lowest BCUT2D eigenvalue weighted by atomic mass is 9.92. The number of aromatic amines is 1. The number of H-pyrrole nitrogens is 1. The quantitative estimate of drug-likeness (QED) is 0.779. The number of Topliss-reactive ketones (excluding diaryl/α,β-unsaturated/α-hetero) is 1. The fourth-order valence-electron chi connectivity index (χ4n) is 1.85. The largest absolute Gasteiger partial charge is 0.365 e. The third kappa shape index (κ3) is 1.91. The Labute approximate surface area is 95.3 Å². The molecule has 1 aromatic carbocycles. The Hall–Kier alpha value is -1.83. The van der Waals surface area contributed by atoms with E-state index in [2.05, 4.69) is 4.98 Å². The van der Waals surface area contributed by atoms with Gasteiger partial charge in [0.1, 0.15) is 0 Å². The summed E-state index contributed by atoms with van der Waals surface area (Å²) in [6.45, 7) is 3.87. The topological polar surface area (TPSA) is 32.9 Å². The maximum Gasteiger partial charge on any atom is 0.171 e.